The molecule has 1 aliphatic rings. The quantitative estimate of drug-likeness (QED) is 0.756. The van der Waals surface area contributed by atoms with Gasteiger partial charge in [-0.3, -0.25) is 4.79 Å². The monoisotopic (exact) mass is 325 g/mol. The van der Waals surface area contributed by atoms with Crippen molar-refractivity contribution in [2.24, 2.45) is 0 Å². The van der Waals surface area contributed by atoms with Gasteiger partial charge in [0.15, 0.2) is 5.13 Å². The summed E-state index contributed by atoms with van der Waals surface area (Å²) < 4.78 is 1.94. The zero-order valence-electron chi connectivity index (χ0n) is 12.3. The first kappa shape index (κ1) is 14.0. The maximum absolute atomic E-state index is 12.0. The molecule has 0 bridgehead atoms. The minimum atomic E-state index is -0.0338. The van der Waals surface area contributed by atoms with E-state index in [2.05, 4.69) is 20.6 Å². The van der Waals surface area contributed by atoms with Crippen molar-refractivity contribution in [1.29, 1.82) is 0 Å². The average Bonchev–Trinajstić information content (AvgIpc) is 3.05. The molecule has 6 nitrogen and oxygen atoms in total. The molecule has 0 aliphatic heterocycles. The van der Waals surface area contributed by atoms with Crippen molar-refractivity contribution in [1.82, 2.24) is 19.9 Å². The molecule has 1 amide bonds. The van der Waals surface area contributed by atoms with Gasteiger partial charge in [0, 0.05) is 29.8 Å². The van der Waals surface area contributed by atoms with Gasteiger partial charge in [0.25, 0.3) is 5.91 Å². The van der Waals surface area contributed by atoms with Gasteiger partial charge in [-0.2, -0.15) is 0 Å². The molecule has 116 valence electrons. The fourth-order valence-corrected chi connectivity index (χ4v) is 2.91. The van der Waals surface area contributed by atoms with E-state index in [0.717, 1.165) is 24.2 Å². The zero-order chi connectivity index (χ0) is 15.6. The molecule has 1 fully saturated rings. The lowest BCUT2D eigenvalue weighted by Crippen LogP contribution is -2.24. The Bertz CT molecular complexity index is 805. The second-order valence-corrected chi connectivity index (χ2v) is 6.45. The lowest BCUT2D eigenvalue weighted by Gasteiger charge is -2.05. The van der Waals surface area contributed by atoms with E-state index in [-0.39, 0.29) is 5.91 Å². The highest BCUT2D eigenvalue weighted by atomic mass is 32.1. The molecule has 4 rings (SSSR count). The number of carbonyl (C=O) groups excluding carboxylic acids is 1. The third-order valence-electron chi connectivity index (χ3n) is 3.56. The Morgan fingerprint density at radius 2 is 2.09 bits per heavy atom. The summed E-state index contributed by atoms with van der Waals surface area (Å²) in [5.41, 5.74) is 1.97. The highest BCUT2D eigenvalue weighted by Crippen LogP contribution is 2.25. The summed E-state index contributed by atoms with van der Waals surface area (Å²) in [6.07, 6.45) is 9.18. The van der Waals surface area contributed by atoms with Crippen LogP contribution >= 0.6 is 11.3 Å². The lowest BCUT2D eigenvalue weighted by atomic mass is 10.3. The number of nitrogens with one attached hydrogen (secondary N) is 2. The number of nitrogens with zero attached hydrogens (tertiary/aromatic N) is 3. The van der Waals surface area contributed by atoms with Crippen molar-refractivity contribution in [2.75, 3.05) is 5.32 Å². The molecule has 0 atom stereocenters. The SMILES string of the molecule is O=C(NC1CC1)c1cnc(Nc2ccc(-n3ccnc3)cc2)s1. The van der Waals surface area contributed by atoms with Crippen molar-refractivity contribution in [3.05, 3.63) is 54.1 Å². The second kappa shape index (κ2) is 5.85. The number of rotatable bonds is 5. The molecule has 7 heteroatoms. The van der Waals surface area contributed by atoms with Crippen LogP contribution < -0.4 is 10.6 Å². The first-order chi connectivity index (χ1) is 11.3. The predicted octanol–water partition coefficient (Wildman–Crippen LogP) is 2.96. The Hall–Kier alpha value is -2.67. The number of amides is 1. The Morgan fingerprint density at radius 3 is 2.78 bits per heavy atom. The Labute approximate surface area is 137 Å². The van der Waals surface area contributed by atoms with Gasteiger partial charge >= 0.3 is 0 Å². The zero-order valence-corrected chi connectivity index (χ0v) is 13.1. The van der Waals surface area contributed by atoms with Gasteiger partial charge in [-0.15, -0.1) is 0 Å². The molecule has 1 saturated carbocycles. The van der Waals surface area contributed by atoms with Gasteiger partial charge in [0.2, 0.25) is 0 Å². The molecule has 0 unspecified atom stereocenters. The number of benzene rings is 1. The molecule has 2 heterocycles. The number of aromatic nitrogens is 3. The van der Waals surface area contributed by atoms with Crippen LogP contribution in [0.5, 0.6) is 0 Å². The third-order valence-corrected chi connectivity index (χ3v) is 4.47. The van der Waals surface area contributed by atoms with Crippen molar-refractivity contribution < 1.29 is 4.79 Å². The van der Waals surface area contributed by atoms with Gasteiger partial charge in [-0.05, 0) is 37.1 Å². The van der Waals surface area contributed by atoms with E-state index in [4.69, 9.17) is 0 Å². The summed E-state index contributed by atoms with van der Waals surface area (Å²) in [6.45, 7) is 0. The van der Waals surface area contributed by atoms with Crippen molar-refractivity contribution >= 4 is 28.1 Å². The summed E-state index contributed by atoms with van der Waals surface area (Å²) in [5.74, 6) is -0.0338. The van der Waals surface area contributed by atoms with Crippen LogP contribution in [-0.4, -0.2) is 26.5 Å². The van der Waals surface area contributed by atoms with Gasteiger partial charge in [0.05, 0.1) is 12.5 Å². The fraction of sp³-hybridized carbons (Fsp3) is 0.188. The minimum absolute atomic E-state index is 0.0338. The first-order valence-electron chi connectivity index (χ1n) is 7.40. The summed E-state index contributed by atoms with van der Waals surface area (Å²) in [5, 5.41) is 6.90. The Kier molecular flexibility index (Phi) is 3.55. The van der Waals surface area contributed by atoms with Gasteiger partial charge < -0.3 is 15.2 Å². The molecule has 0 radical (unpaired) electrons. The molecule has 0 saturated heterocycles. The van der Waals surface area contributed by atoms with Gasteiger partial charge in [-0.1, -0.05) is 11.3 Å². The van der Waals surface area contributed by atoms with Crippen LogP contribution in [0.2, 0.25) is 0 Å². The van der Waals surface area contributed by atoms with E-state index in [1.165, 1.54) is 11.3 Å². The second-order valence-electron chi connectivity index (χ2n) is 5.42. The van der Waals surface area contributed by atoms with E-state index in [9.17, 15) is 4.79 Å². The van der Waals surface area contributed by atoms with Crippen molar-refractivity contribution in [3.8, 4) is 5.69 Å². The first-order valence-corrected chi connectivity index (χ1v) is 8.22. The number of hydrogen-bond donors (Lipinski definition) is 2. The van der Waals surface area contributed by atoms with Crippen LogP contribution in [0.1, 0.15) is 22.5 Å². The van der Waals surface area contributed by atoms with Crippen LogP contribution in [0, 0.1) is 0 Å². The van der Waals surface area contributed by atoms with Crippen LogP contribution in [0.4, 0.5) is 10.8 Å². The molecule has 2 aromatic heterocycles. The third kappa shape index (κ3) is 3.24. The summed E-state index contributed by atoms with van der Waals surface area (Å²) in [4.78, 5) is 20.9. The number of carbonyl (C=O) groups is 1. The predicted molar refractivity (Wildman–Crippen MR) is 89.4 cm³/mol. The van der Waals surface area contributed by atoms with E-state index in [1.807, 2.05) is 35.0 Å². The van der Waals surface area contributed by atoms with E-state index < -0.39 is 0 Å². The topological polar surface area (TPSA) is 71.8 Å². The van der Waals surface area contributed by atoms with Crippen LogP contribution in [-0.2, 0) is 0 Å². The lowest BCUT2D eigenvalue weighted by molar-refractivity contribution is 0.0955. The average molecular weight is 325 g/mol. The molecule has 0 spiro atoms. The van der Waals surface area contributed by atoms with E-state index in [1.54, 1.807) is 18.7 Å². The highest BCUT2D eigenvalue weighted by molar-refractivity contribution is 7.17. The van der Waals surface area contributed by atoms with Crippen LogP contribution in [0.25, 0.3) is 5.69 Å². The molecule has 23 heavy (non-hydrogen) atoms. The van der Waals surface area contributed by atoms with Crippen molar-refractivity contribution in [3.63, 3.8) is 0 Å². The van der Waals surface area contributed by atoms with Gasteiger partial charge in [0.1, 0.15) is 4.88 Å². The summed E-state index contributed by atoms with van der Waals surface area (Å²) in [7, 11) is 0. The van der Waals surface area contributed by atoms with E-state index in [0.29, 0.717) is 16.1 Å². The largest absolute Gasteiger partial charge is 0.349 e. The van der Waals surface area contributed by atoms with Crippen molar-refractivity contribution in [2.45, 2.75) is 18.9 Å². The molecule has 1 aromatic carbocycles. The maximum Gasteiger partial charge on any atom is 0.263 e. The molecule has 1 aliphatic carbocycles. The van der Waals surface area contributed by atoms with Crippen LogP contribution in [0.15, 0.2) is 49.2 Å². The standard InChI is InChI=1S/C16H15N5OS/c22-15(19-11-1-2-11)14-9-18-16(23-14)20-12-3-5-13(6-4-12)21-8-7-17-10-21/h3-11H,1-2H2,(H,18,20)(H,19,22). The molecule has 2 N–H and O–H groups in total. The fourth-order valence-electron chi connectivity index (χ4n) is 2.17. The Balaban J connectivity index is 1.43. The summed E-state index contributed by atoms with van der Waals surface area (Å²) in [6, 6.07) is 8.30. The molecule has 3 aromatic rings. The van der Waals surface area contributed by atoms with Gasteiger partial charge in [-0.25, -0.2) is 9.97 Å². The number of anilines is 2. The number of hydrogen-bond acceptors (Lipinski definition) is 5. The van der Waals surface area contributed by atoms with Crippen LogP contribution in [0.3, 0.4) is 0 Å². The minimum Gasteiger partial charge on any atom is -0.349 e. The smallest absolute Gasteiger partial charge is 0.263 e. The maximum atomic E-state index is 12.0. The van der Waals surface area contributed by atoms with E-state index >= 15 is 0 Å². The Morgan fingerprint density at radius 1 is 1.26 bits per heavy atom. The summed E-state index contributed by atoms with van der Waals surface area (Å²) >= 11 is 1.36. The normalized spacial score (nSPS) is 13.7. The molecular weight excluding hydrogens is 310 g/mol. The highest BCUT2D eigenvalue weighted by Gasteiger charge is 2.24. The number of thiazole rings is 1. The number of imidazole rings is 1. The molecular formula is C16H15N5OS.